The first-order chi connectivity index (χ1) is 13.4. The maximum absolute atomic E-state index is 6.56. The maximum Gasteiger partial charge on any atom is 0.716 e. The Morgan fingerprint density at radius 2 is 1.04 bits per heavy atom. The van der Waals surface area contributed by atoms with Crippen molar-refractivity contribution in [3.8, 4) is 45.4 Å². The van der Waals surface area contributed by atoms with Crippen molar-refractivity contribution in [2.45, 2.75) is 6.03 Å². The van der Waals surface area contributed by atoms with Gasteiger partial charge in [-0.05, 0) is 33.4 Å². The molecule has 0 saturated carbocycles. The molecule has 3 aliphatic rings. The Hall–Kier alpha value is -3.80. The lowest BCUT2D eigenvalue weighted by Gasteiger charge is -2.28. The van der Waals surface area contributed by atoms with Crippen LogP contribution in [0.1, 0.15) is 0 Å². The average Bonchev–Trinajstić information content (AvgIpc) is 3.01. The van der Waals surface area contributed by atoms with Crippen molar-refractivity contribution in [1.82, 2.24) is 9.97 Å². The lowest BCUT2D eigenvalue weighted by atomic mass is 10.1. The number of para-hydroxylation sites is 2. The predicted molar refractivity (Wildman–Crippen MR) is 93.4 cm³/mol. The third-order valence-electron chi connectivity index (χ3n) is 5.39. The van der Waals surface area contributed by atoms with Crippen molar-refractivity contribution in [2.75, 3.05) is 0 Å². The van der Waals surface area contributed by atoms with Gasteiger partial charge in [-0.3, -0.25) is 9.97 Å². The van der Waals surface area contributed by atoms with E-state index >= 15 is 0 Å². The van der Waals surface area contributed by atoms with Gasteiger partial charge in [-0.15, -0.1) is 0 Å². The third-order valence-corrected chi connectivity index (χ3v) is 5.39. The van der Waals surface area contributed by atoms with Crippen LogP contribution in [0.5, 0.6) is 11.5 Å². The Morgan fingerprint density at radius 3 is 1.56 bits per heavy atom. The van der Waals surface area contributed by atoms with Gasteiger partial charge in [-0.2, -0.15) is 0 Å². The van der Waals surface area contributed by atoms with E-state index in [1.807, 2.05) is 73.3 Å². The number of nitrogens with zero attached hydrogens (tertiary/aromatic N) is 4. The minimum absolute atomic E-state index is 0.763. The van der Waals surface area contributed by atoms with Crippen LogP contribution in [0.2, 0.25) is 0 Å². The van der Waals surface area contributed by atoms with Crippen LogP contribution in [-0.2, 0) is 6.03 Å². The smallest absolute Gasteiger partial charge is 0.340 e. The van der Waals surface area contributed by atoms with Gasteiger partial charge in [0.2, 0.25) is 11.4 Å². The van der Waals surface area contributed by atoms with Crippen LogP contribution in [0.4, 0.5) is 0 Å². The Morgan fingerprint density at radius 1 is 0.593 bits per heavy atom. The molecule has 4 aromatic rings. The van der Waals surface area contributed by atoms with Crippen molar-refractivity contribution < 1.29 is 18.6 Å². The van der Waals surface area contributed by atoms with Gasteiger partial charge in [-0.25, -0.2) is 0 Å². The van der Waals surface area contributed by atoms with E-state index in [1.54, 1.807) is 0 Å². The van der Waals surface area contributed by atoms with Gasteiger partial charge < -0.3 is 9.47 Å². The van der Waals surface area contributed by atoms with Gasteiger partial charge in [0.05, 0.1) is 11.1 Å². The summed E-state index contributed by atoms with van der Waals surface area (Å²) in [7, 11) is 0. The maximum atomic E-state index is 6.56. The van der Waals surface area contributed by atoms with E-state index in [2.05, 4.69) is 19.1 Å². The molecule has 0 fully saturated rings. The second kappa shape index (κ2) is 4.29. The monoisotopic (exact) mass is 352 g/mol. The van der Waals surface area contributed by atoms with Crippen LogP contribution < -0.4 is 18.6 Å². The van der Waals surface area contributed by atoms with Crippen LogP contribution in [0.25, 0.3) is 33.9 Å². The minimum Gasteiger partial charge on any atom is -0.340 e. The molecule has 6 nitrogen and oxygen atoms in total. The fraction of sp³-hybridized carbons (Fsp3) is 0.0476. The summed E-state index contributed by atoms with van der Waals surface area (Å²) in [6.45, 7) is 0. The summed E-state index contributed by atoms with van der Waals surface area (Å²) >= 11 is 0. The first-order valence-corrected chi connectivity index (χ1v) is 8.75. The van der Waals surface area contributed by atoms with E-state index in [0.717, 1.165) is 45.4 Å². The van der Waals surface area contributed by atoms with Gasteiger partial charge in [0.1, 0.15) is 24.8 Å². The molecule has 0 radical (unpaired) electrons. The predicted octanol–water partition coefficient (Wildman–Crippen LogP) is 2.27. The fourth-order valence-electron chi connectivity index (χ4n) is 4.32. The quantitative estimate of drug-likeness (QED) is 0.456. The minimum atomic E-state index is -1.16. The molecule has 2 aromatic carbocycles. The van der Waals surface area contributed by atoms with Crippen molar-refractivity contribution in [1.29, 1.82) is 0 Å². The van der Waals surface area contributed by atoms with Crippen LogP contribution in [0.15, 0.2) is 73.3 Å². The molecule has 3 aliphatic heterocycles. The Balaban J connectivity index is 1.68. The molecular formula is C21H12N4O2+2. The highest BCUT2D eigenvalue weighted by atomic mass is 16.7. The standard InChI is InChI=1S/C21H12N4O2/c1-3-7-19-13(5-1)15-9-22-11-17-18-12-23-10-16-14-6-2-4-8-20(14)27-21(26-19,24(15)17)25(16)18/h1-12H/q+2. The molecule has 0 aliphatic carbocycles. The average molecular weight is 352 g/mol. The van der Waals surface area contributed by atoms with Crippen molar-refractivity contribution in [3.05, 3.63) is 73.3 Å². The molecule has 27 heavy (non-hydrogen) atoms. The number of rotatable bonds is 0. The molecule has 0 amide bonds. The third kappa shape index (κ3) is 1.41. The Kier molecular flexibility index (Phi) is 2.13. The lowest BCUT2D eigenvalue weighted by molar-refractivity contribution is -1.03. The summed E-state index contributed by atoms with van der Waals surface area (Å²) in [5, 5.41) is 0. The summed E-state index contributed by atoms with van der Waals surface area (Å²) in [6, 6.07) is 14.8. The Bertz CT molecular complexity index is 1200. The van der Waals surface area contributed by atoms with Crippen LogP contribution >= 0.6 is 0 Å². The zero-order valence-corrected chi connectivity index (χ0v) is 14.0. The fourth-order valence-corrected chi connectivity index (χ4v) is 4.32. The normalized spacial score (nSPS) is 15.6. The molecule has 6 heteroatoms. The molecule has 1 spiro atoms. The first-order valence-electron chi connectivity index (χ1n) is 8.75. The molecule has 0 N–H and O–H groups in total. The van der Waals surface area contributed by atoms with Crippen molar-refractivity contribution in [2.24, 2.45) is 0 Å². The molecule has 0 saturated heterocycles. The van der Waals surface area contributed by atoms with Crippen LogP contribution in [0.3, 0.4) is 0 Å². The van der Waals surface area contributed by atoms with Gasteiger partial charge in [0.25, 0.3) is 0 Å². The number of hydrogen-bond donors (Lipinski definition) is 0. The van der Waals surface area contributed by atoms with Gasteiger partial charge in [0, 0.05) is 0 Å². The van der Waals surface area contributed by atoms with E-state index in [0.29, 0.717) is 0 Å². The van der Waals surface area contributed by atoms with E-state index in [-0.39, 0.29) is 0 Å². The van der Waals surface area contributed by atoms with Crippen LogP contribution in [-0.4, -0.2) is 9.97 Å². The molecule has 5 heterocycles. The number of aromatic nitrogens is 4. The summed E-state index contributed by atoms with van der Waals surface area (Å²) in [4.78, 5) is 8.97. The van der Waals surface area contributed by atoms with E-state index in [1.165, 1.54) is 0 Å². The van der Waals surface area contributed by atoms with E-state index in [9.17, 15) is 0 Å². The number of ether oxygens (including phenoxy) is 2. The SMILES string of the molecule is c1ccc2c(c1)OC13Oc4ccccc4-c4cncc([n+]41)-c1cncc-2[n+]13. The van der Waals surface area contributed by atoms with Gasteiger partial charge >= 0.3 is 17.4 Å². The molecule has 0 atom stereocenters. The van der Waals surface area contributed by atoms with Gasteiger partial charge in [0.15, 0.2) is 11.5 Å². The van der Waals surface area contributed by atoms with E-state index in [4.69, 9.17) is 9.47 Å². The summed E-state index contributed by atoms with van der Waals surface area (Å²) in [5.41, 5.74) is 5.69. The topological polar surface area (TPSA) is 52.0 Å². The molecular weight excluding hydrogens is 340 g/mol. The first kappa shape index (κ1) is 13.4. The Labute approximate surface area is 153 Å². The zero-order chi connectivity index (χ0) is 17.6. The molecule has 7 rings (SSSR count). The molecule has 0 unspecified atom stereocenters. The number of hydrogen-bond acceptors (Lipinski definition) is 4. The highest BCUT2D eigenvalue weighted by Gasteiger charge is 2.73. The molecule has 2 aromatic heterocycles. The zero-order valence-electron chi connectivity index (χ0n) is 14.0. The number of benzene rings is 2. The summed E-state index contributed by atoms with van der Waals surface area (Å²) in [5.74, 6) is 1.53. The summed E-state index contributed by atoms with van der Waals surface area (Å²) in [6.07, 6.45) is 7.38. The molecule has 126 valence electrons. The van der Waals surface area contributed by atoms with Crippen molar-refractivity contribution in [3.63, 3.8) is 0 Å². The second-order valence-electron chi connectivity index (χ2n) is 6.77. The lowest BCUT2D eigenvalue weighted by Crippen LogP contribution is -2.79. The number of fused-ring (bicyclic) bond motifs is 5. The highest BCUT2D eigenvalue weighted by molar-refractivity contribution is 5.69. The van der Waals surface area contributed by atoms with Gasteiger partial charge in [-0.1, -0.05) is 24.3 Å². The van der Waals surface area contributed by atoms with Crippen molar-refractivity contribution >= 4 is 0 Å². The second-order valence-corrected chi connectivity index (χ2v) is 6.77. The van der Waals surface area contributed by atoms with E-state index < -0.39 is 6.03 Å². The summed E-state index contributed by atoms with van der Waals surface area (Å²) < 4.78 is 17.3. The molecule has 0 bridgehead atoms. The van der Waals surface area contributed by atoms with Crippen LogP contribution in [0, 0.1) is 0 Å². The highest BCUT2D eigenvalue weighted by Crippen LogP contribution is 2.44. The largest absolute Gasteiger partial charge is 0.716 e.